The van der Waals surface area contributed by atoms with Crippen LogP contribution < -0.4 is 5.73 Å². The second kappa shape index (κ2) is 5.07. The van der Waals surface area contributed by atoms with Gasteiger partial charge in [-0.25, -0.2) is 4.98 Å². The molecule has 1 fully saturated rings. The number of nitriles is 1. The lowest BCUT2D eigenvalue weighted by Gasteiger charge is -2.29. The highest BCUT2D eigenvalue weighted by atomic mass is 32.1. The first-order valence-electron chi connectivity index (χ1n) is 6.14. The zero-order valence-electron chi connectivity index (χ0n) is 10.6. The standard InChI is InChI=1S/C13H12N4O2S/c14-6-9-7-17(3-4-19-9)12(18)8-1-2-10-11(5-8)20-13(15)16-10/h1-2,5,9H,3-4,7H2,(H2,15,16). The maximum Gasteiger partial charge on any atom is 0.254 e. The Kier molecular flexibility index (Phi) is 3.26. The highest BCUT2D eigenvalue weighted by Crippen LogP contribution is 2.25. The Labute approximate surface area is 119 Å². The van der Waals surface area contributed by atoms with Crippen molar-refractivity contribution < 1.29 is 9.53 Å². The van der Waals surface area contributed by atoms with Crippen molar-refractivity contribution >= 4 is 32.6 Å². The Hall–Kier alpha value is -2.17. The number of hydrogen-bond acceptors (Lipinski definition) is 6. The van der Waals surface area contributed by atoms with Crippen LogP contribution in [-0.4, -0.2) is 41.6 Å². The number of rotatable bonds is 1. The molecule has 3 rings (SSSR count). The van der Waals surface area contributed by atoms with E-state index in [2.05, 4.69) is 4.98 Å². The van der Waals surface area contributed by atoms with Crippen molar-refractivity contribution in [3.63, 3.8) is 0 Å². The minimum atomic E-state index is -0.546. The smallest absolute Gasteiger partial charge is 0.254 e. The Balaban J connectivity index is 1.86. The molecular weight excluding hydrogens is 276 g/mol. The summed E-state index contributed by atoms with van der Waals surface area (Å²) in [5.74, 6) is -0.0950. The quantitative estimate of drug-likeness (QED) is 0.852. The Bertz CT molecular complexity index is 706. The van der Waals surface area contributed by atoms with Gasteiger partial charge in [-0.15, -0.1) is 0 Å². The fourth-order valence-electron chi connectivity index (χ4n) is 2.17. The summed E-state index contributed by atoms with van der Waals surface area (Å²) in [5.41, 5.74) is 7.03. The van der Waals surface area contributed by atoms with Gasteiger partial charge in [0.25, 0.3) is 5.91 Å². The van der Waals surface area contributed by atoms with Crippen molar-refractivity contribution in [3.05, 3.63) is 23.8 Å². The number of aromatic nitrogens is 1. The third-order valence-electron chi connectivity index (χ3n) is 3.15. The molecule has 1 amide bonds. The second-order valence-electron chi connectivity index (χ2n) is 4.47. The average molecular weight is 288 g/mol. The summed E-state index contributed by atoms with van der Waals surface area (Å²) in [6.07, 6.45) is -0.546. The van der Waals surface area contributed by atoms with Crippen molar-refractivity contribution in [3.8, 4) is 6.07 Å². The number of anilines is 1. The summed E-state index contributed by atoms with van der Waals surface area (Å²) in [5, 5.41) is 9.36. The van der Waals surface area contributed by atoms with Crippen molar-refractivity contribution in [1.82, 2.24) is 9.88 Å². The number of thiazole rings is 1. The van der Waals surface area contributed by atoms with Gasteiger partial charge in [0.2, 0.25) is 0 Å². The number of fused-ring (bicyclic) bond motifs is 1. The van der Waals surface area contributed by atoms with Crippen molar-refractivity contribution in [2.45, 2.75) is 6.10 Å². The first-order chi connectivity index (χ1) is 9.67. The maximum absolute atomic E-state index is 12.4. The van der Waals surface area contributed by atoms with Crippen LogP contribution in [0.1, 0.15) is 10.4 Å². The zero-order valence-corrected chi connectivity index (χ0v) is 11.4. The molecule has 1 unspecified atom stereocenters. The van der Waals surface area contributed by atoms with E-state index in [-0.39, 0.29) is 5.91 Å². The van der Waals surface area contributed by atoms with Crippen molar-refractivity contribution in [2.24, 2.45) is 0 Å². The molecule has 20 heavy (non-hydrogen) atoms. The van der Waals surface area contributed by atoms with Crippen LogP contribution in [0.5, 0.6) is 0 Å². The monoisotopic (exact) mass is 288 g/mol. The van der Waals surface area contributed by atoms with E-state index in [1.807, 2.05) is 6.07 Å². The van der Waals surface area contributed by atoms with E-state index in [9.17, 15) is 4.79 Å². The van der Waals surface area contributed by atoms with Gasteiger partial charge in [0.1, 0.15) is 0 Å². The number of hydrogen-bond donors (Lipinski definition) is 1. The van der Waals surface area contributed by atoms with Crippen LogP contribution in [0.4, 0.5) is 5.13 Å². The normalized spacial score (nSPS) is 18.9. The minimum absolute atomic E-state index is 0.0950. The van der Waals surface area contributed by atoms with Gasteiger partial charge in [-0.05, 0) is 18.2 Å². The van der Waals surface area contributed by atoms with Gasteiger partial charge in [0, 0.05) is 12.1 Å². The number of amides is 1. The molecule has 0 bridgehead atoms. The molecule has 2 aromatic rings. The molecule has 1 aliphatic heterocycles. The van der Waals surface area contributed by atoms with Crippen LogP contribution >= 0.6 is 11.3 Å². The van der Waals surface area contributed by atoms with Crippen LogP contribution in [0.3, 0.4) is 0 Å². The lowest BCUT2D eigenvalue weighted by molar-refractivity contribution is 0.00347. The van der Waals surface area contributed by atoms with Gasteiger partial charge in [-0.2, -0.15) is 5.26 Å². The van der Waals surface area contributed by atoms with E-state index in [1.165, 1.54) is 11.3 Å². The molecule has 1 aromatic carbocycles. The van der Waals surface area contributed by atoms with Crippen LogP contribution in [0.2, 0.25) is 0 Å². The Morgan fingerprint density at radius 3 is 3.25 bits per heavy atom. The van der Waals surface area contributed by atoms with E-state index in [0.29, 0.717) is 30.4 Å². The number of benzene rings is 1. The summed E-state index contributed by atoms with van der Waals surface area (Å²) in [4.78, 5) is 18.2. The summed E-state index contributed by atoms with van der Waals surface area (Å²) in [7, 11) is 0. The predicted octanol–water partition coefficient (Wildman–Crippen LogP) is 1.24. The topological polar surface area (TPSA) is 92.2 Å². The lowest BCUT2D eigenvalue weighted by atomic mass is 10.1. The third kappa shape index (κ3) is 2.31. The van der Waals surface area contributed by atoms with Crippen molar-refractivity contribution in [1.29, 1.82) is 5.26 Å². The van der Waals surface area contributed by atoms with Crippen LogP contribution in [0, 0.1) is 11.3 Å². The molecule has 7 heteroatoms. The van der Waals surface area contributed by atoms with Crippen LogP contribution in [0.25, 0.3) is 10.2 Å². The van der Waals surface area contributed by atoms with Gasteiger partial charge < -0.3 is 15.4 Å². The van der Waals surface area contributed by atoms with Gasteiger partial charge in [-0.3, -0.25) is 4.79 Å². The average Bonchev–Trinajstić information content (AvgIpc) is 2.85. The molecule has 0 aliphatic carbocycles. The van der Waals surface area contributed by atoms with Crippen molar-refractivity contribution in [2.75, 3.05) is 25.4 Å². The molecule has 0 saturated carbocycles. The third-order valence-corrected chi connectivity index (χ3v) is 4.00. The largest absolute Gasteiger partial charge is 0.375 e. The molecule has 1 saturated heterocycles. The van der Waals surface area contributed by atoms with E-state index in [0.717, 1.165) is 10.2 Å². The molecule has 0 spiro atoms. The zero-order chi connectivity index (χ0) is 14.1. The van der Waals surface area contributed by atoms with E-state index in [4.69, 9.17) is 15.7 Å². The molecule has 1 aromatic heterocycles. The van der Waals surface area contributed by atoms with E-state index < -0.39 is 6.10 Å². The second-order valence-corrected chi connectivity index (χ2v) is 5.54. The molecule has 1 aliphatic rings. The Morgan fingerprint density at radius 1 is 1.60 bits per heavy atom. The summed E-state index contributed by atoms with van der Waals surface area (Å²) in [6, 6.07) is 7.35. The summed E-state index contributed by atoms with van der Waals surface area (Å²) in [6.45, 7) is 1.19. The molecule has 1 atom stereocenters. The molecule has 2 N–H and O–H groups in total. The highest BCUT2D eigenvalue weighted by molar-refractivity contribution is 7.22. The molecule has 2 heterocycles. The molecule has 6 nitrogen and oxygen atoms in total. The number of morpholine rings is 1. The fourth-order valence-corrected chi connectivity index (χ4v) is 2.94. The molecular formula is C13H12N4O2S. The van der Waals surface area contributed by atoms with Gasteiger partial charge in [-0.1, -0.05) is 11.3 Å². The van der Waals surface area contributed by atoms with Crippen LogP contribution in [-0.2, 0) is 4.74 Å². The maximum atomic E-state index is 12.4. The van der Waals surface area contributed by atoms with E-state index in [1.54, 1.807) is 23.1 Å². The summed E-state index contributed by atoms with van der Waals surface area (Å²) >= 11 is 1.35. The number of ether oxygens (including phenoxy) is 1. The van der Waals surface area contributed by atoms with Gasteiger partial charge in [0.15, 0.2) is 11.2 Å². The van der Waals surface area contributed by atoms with Gasteiger partial charge >= 0.3 is 0 Å². The number of nitrogens with two attached hydrogens (primary N) is 1. The van der Waals surface area contributed by atoms with E-state index >= 15 is 0 Å². The first kappa shape index (κ1) is 12.8. The number of carbonyl (C=O) groups is 1. The highest BCUT2D eigenvalue weighted by Gasteiger charge is 2.25. The fraction of sp³-hybridized carbons (Fsp3) is 0.308. The lowest BCUT2D eigenvalue weighted by Crippen LogP contribution is -2.45. The minimum Gasteiger partial charge on any atom is -0.375 e. The molecule has 0 radical (unpaired) electrons. The number of carbonyl (C=O) groups excluding carboxylic acids is 1. The molecule has 102 valence electrons. The predicted molar refractivity (Wildman–Crippen MR) is 75.3 cm³/mol. The summed E-state index contributed by atoms with van der Waals surface area (Å²) < 4.78 is 6.12. The SMILES string of the molecule is N#CC1CN(C(=O)c2ccc3nc(N)sc3c2)CCO1. The van der Waals surface area contributed by atoms with Gasteiger partial charge in [0.05, 0.1) is 29.4 Å². The van der Waals surface area contributed by atoms with Crippen LogP contribution in [0.15, 0.2) is 18.2 Å². The Morgan fingerprint density at radius 2 is 2.45 bits per heavy atom. The number of nitrogen functional groups attached to an aromatic ring is 1. The number of nitrogens with zero attached hydrogens (tertiary/aromatic N) is 3. The first-order valence-corrected chi connectivity index (χ1v) is 6.95.